The lowest BCUT2D eigenvalue weighted by Gasteiger charge is -2.58. The van der Waals surface area contributed by atoms with Gasteiger partial charge in [-0.25, -0.2) is 9.59 Å². The van der Waals surface area contributed by atoms with E-state index in [-0.39, 0.29) is 24.1 Å². The molecule has 0 amide bonds. The van der Waals surface area contributed by atoms with Crippen LogP contribution in [0, 0.1) is 53.3 Å². The molecule has 6 rings (SSSR count). The summed E-state index contributed by atoms with van der Waals surface area (Å²) in [5.41, 5.74) is 3.19. The van der Waals surface area contributed by atoms with Crippen molar-refractivity contribution in [2.24, 2.45) is 46.3 Å². The zero-order chi connectivity index (χ0) is 31.2. The largest absolute Gasteiger partial charge is 0.482 e. The Kier molecular flexibility index (Phi) is 8.80. The molecule has 1 heterocycles. The molecule has 1 aromatic heterocycles. The van der Waals surface area contributed by atoms with Crippen molar-refractivity contribution in [3.05, 3.63) is 51.9 Å². The van der Waals surface area contributed by atoms with E-state index < -0.39 is 5.63 Å². The van der Waals surface area contributed by atoms with Crippen molar-refractivity contribution in [3.8, 4) is 5.75 Å². The third-order valence-corrected chi connectivity index (χ3v) is 12.8. The van der Waals surface area contributed by atoms with Gasteiger partial charge in [-0.15, -0.1) is 0 Å². The fourth-order valence-electron chi connectivity index (χ4n) is 10.5. The molecule has 3 fully saturated rings. The highest BCUT2D eigenvalue weighted by molar-refractivity contribution is 5.81. The summed E-state index contributed by atoms with van der Waals surface area (Å²) in [7, 11) is 0. The third kappa shape index (κ3) is 5.89. The van der Waals surface area contributed by atoms with Gasteiger partial charge in [-0.05, 0) is 116 Å². The Morgan fingerprint density at radius 3 is 2.64 bits per heavy atom. The van der Waals surface area contributed by atoms with E-state index in [0.29, 0.717) is 16.7 Å². The number of fused-ring (bicyclic) bond motifs is 6. The van der Waals surface area contributed by atoms with Gasteiger partial charge in [-0.2, -0.15) is 0 Å². The topological polar surface area (TPSA) is 65.7 Å². The smallest absolute Gasteiger partial charge is 0.344 e. The van der Waals surface area contributed by atoms with Crippen LogP contribution in [0.3, 0.4) is 0 Å². The van der Waals surface area contributed by atoms with Gasteiger partial charge >= 0.3 is 11.6 Å². The SMILES string of the molecule is Cc1cc(=O)oc2cc(OCC(=O)O[C@H]3CC[C@@]4(C)C(=CC[C@H]5[C@H]6CC[C@H]([C@H](C)CCCC(C)C)[C@@]6(C)CC[C@H]54)C3)ccc12. The molecule has 0 saturated heterocycles. The van der Waals surface area contributed by atoms with Crippen LogP contribution >= 0.6 is 0 Å². The minimum absolute atomic E-state index is 0.0874. The lowest BCUT2D eigenvalue weighted by Crippen LogP contribution is -2.51. The summed E-state index contributed by atoms with van der Waals surface area (Å²) in [5.74, 6) is 5.10. The molecular weight excluding hydrogens is 548 g/mol. The molecule has 0 spiro atoms. The lowest BCUT2D eigenvalue weighted by molar-refractivity contribution is -0.153. The van der Waals surface area contributed by atoms with E-state index in [4.69, 9.17) is 13.9 Å². The second-order valence-corrected chi connectivity index (χ2v) is 15.8. The molecule has 4 aliphatic carbocycles. The van der Waals surface area contributed by atoms with E-state index in [1.165, 1.54) is 63.0 Å². The number of aryl methyl sites for hydroxylation is 1. The molecule has 0 unspecified atom stereocenters. The Morgan fingerprint density at radius 2 is 1.84 bits per heavy atom. The van der Waals surface area contributed by atoms with Crippen molar-refractivity contribution in [1.82, 2.24) is 0 Å². The normalized spacial score (nSPS) is 33.7. The molecule has 3 saturated carbocycles. The number of carbonyl (C=O) groups excluding carboxylic acids is 1. The second-order valence-electron chi connectivity index (χ2n) is 15.8. The van der Waals surface area contributed by atoms with Crippen molar-refractivity contribution >= 4 is 16.9 Å². The molecule has 5 heteroatoms. The molecule has 2 aromatic rings. The van der Waals surface area contributed by atoms with Gasteiger partial charge in [0, 0.05) is 23.9 Å². The van der Waals surface area contributed by atoms with Crippen molar-refractivity contribution in [2.75, 3.05) is 6.61 Å². The van der Waals surface area contributed by atoms with E-state index >= 15 is 0 Å². The Labute approximate surface area is 264 Å². The highest BCUT2D eigenvalue weighted by Crippen LogP contribution is 2.67. The summed E-state index contributed by atoms with van der Waals surface area (Å²) in [6.45, 7) is 14.2. The number of benzene rings is 1. The van der Waals surface area contributed by atoms with Gasteiger partial charge in [0.2, 0.25) is 0 Å². The van der Waals surface area contributed by atoms with Crippen molar-refractivity contribution < 1.29 is 18.7 Å². The summed E-state index contributed by atoms with van der Waals surface area (Å²) in [4.78, 5) is 24.6. The first-order chi connectivity index (χ1) is 21.0. The summed E-state index contributed by atoms with van der Waals surface area (Å²) >= 11 is 0. The van der Waals surface area contributed by atoms with Gasteiger partial charge in [0.05, 0.1) is 0 Å². The van der Waals surface area contributed by atoms with E-state index in [1.807, 2.05) is 13.0 Å². The number of rotatable bonds is 9. The van der Waals surface area contributed by atoms with E-state index in [9.17, 15) is 9.59 Å². The molecule has 0 bridgehead atoms. The number of ether oxygens (including phenoxy) is 2. The summed E-state index contributed by atoms with van der Waals surface area (Å²) in [6.07, 6.45) is 16.3. The van der Waals surface area contributed by atoms with E-state index in [2.05, 4.69) is 40.7 Å². The fourth-order valence-corrected chi connectivity index (χ4v) is 10.5. The maximum atomic E-state index is 12.8. The number of hydrogen-bond acceptors (Lipinski definition) is 5. The monoisotopic (exact) mass is 602 g/mol. The molecule has 44 heavy (non-hydrogen) atoms. The average molecular weight is 603 g/mol. The molecule has 0 N–H and O–H groups in total. The Balaban J connectivity index is 1.05. The first-order valence-electron chi connectivity index (χ1n) is 17.5. The fraction of sp³-hybridized carbons (Fsp3) is 0.692. The van der Waals surface area contributed by atoms with E-state index in [0.717, 1.165) is 65.7 Å². The van der Waals surface area contributed by atoms with Gasteiger partial charge in [0.1, 0.15) is 17.4 Å². The number of carbonyl (C=O) groups is 1. The maximum absolute atomic E-state index is 12.8. The van der Waals surface area contributed by atoms with Crippen LogP contribution < -0.4 is 10.4 Å². The van der Waals surface area contributed by atoms with E-state index in [1.54, 1.807) is 12.1 Å². The number of allylic oxidation sites excluding steroid dienone is 1. The van der Waals surface area contributed by atoms with Crippen LogP contribution in [0.4, 0.5) is 0 Å². The predicted molar refractivity (Wildman–Crippen MR) is 176 cm³/mol. The Morgan fingerprint density at radius 1 is 1.02 bits per heavy atom. The van der Waals surface area contributed by atoms with Crippen LogP contribution in [-0.4, -0.2) is 18.7 Å². The molecule has 240 valence electrons. The van der Waals surface area contributed by atoms with Crippen LogP contribution in [0.15, 0.2) is 45.1 Å². The number of esters is 1. The average Bonchev–Trinajstić information content (AvgIpc) is 3.33. The second kappa shape index (κ2) is 12.3. The molecule has 0 radical (unpaired) electrons. The van der Waals surface area contributed by atoms with Crippen molar-refractivity contribution in [3.63, 3.8) is 0 Å². The lowest BCUT2D eigenvalue weighted by atomic mass is 9.47. The zero-order valence-electron chi connectivity index (χ0n) is 28.0. The summed E-state index contributed by atoms with van der Waals surface area (Å²) in [5, 5.41) is 0.856. The predicted octanol–water partition coefficient (Wildman–Crippen LogP) is 9.43. The summed E-state index contributed by atoms with van der Waals surface area (Å²) in [6, 6.07) is 6.80. The molecule has 1 aromatic carbocycles. The zero-order valence-corrected chi connectivity index (χ0v) is 28.0. The maximum Gasteiger partial charge on any atom is 0.344 e. The number of hydrogen-bond donors (Lipinski definition) is 0. The minimum Gasteiger partial charge on any atom is -0.482 e. The van der Waals surface area contributed by atoms with Gasteiger partial charge in [-0.3, -0.25) is 0 Å². The third-order valence-electron chi connectivity index (χ3n) is 12.8. The van der Waals surface area contributed by atoms with Gasteiger partial charge < -0.3 is 13.9 Å². The minimum atomic E-state index is -0.393. The standard InChI is InChI=1S/C39H54O5/c1-24(2)8-7-9-25(3)32-14-15-33-31-12-10-27-21-29(16-18-38(27,5)34(31)17-19-39(32,33)6)43-37(41)23-42-28-11-13-30-26(4)20-36(40)44-35(30)22-28/h10-11,13,20,22,24-25,29,31-34H,7-9,12,14-19,21,23H2,1-6H3/t25-,29+,31+,32-,33-,34-,38+,39-/m1/s1. The van der Waals surface area contributed by atoms with Gasteiger partial charge in [0.25, 0.3) is 0 Å². The molecule has 0 aliphatic heterocycles. The highest BCUT2D eigenvalue weighted by Gasteiger charge is 2.59. The Hall–Kier alpha value is -2.56. The van der Waals surface area contributed by atoms with Gasteiger partial charge in [-0.1, -0.05) is 65.5 Å². The Bertz CT molecular complexity index is 1450. The summed E-state index contributed by atoms with van der Waals surface area (Å²) < 4.78 is 17.0. The van der Waals surface area contributed by atoms with Crippen LogP contribution in [0.1, 0.15) is 111 Å². The first kappa shape index (κ1) is 31.4. The quantitative estimate of drug-likeness (QED) is 0.162. The molecule has 5 nitrogen and oxygen atoms in total. The van der Waals surface area contributed by atoms with Gasteiger partial charge in [0.15, 0.2) is 6.61 Å². The molecule has 8 atom stereocenters. The van der Waals surface area contributed by atoms with Crippen molar-refractivity contribution in [2.45, 2.75) is 118 Å². The van der Waals surface area contributed by atoms with Crippen LogP contribution in [-0.2, 0) is 9.53 Å². The highest BCUT2D eigenvalue weighted by atomic mass is 16.6. The van der Waals surface area contributed by atoms with Crippen molar-refractivity contribution in [1.29, 1.82) is 0 Å². The van der Waals surface area contributed by atoms with Crippen LogP contribution in [0.5, 0.6) is 5.75 Å². The molecule has 4 aliphatic rings. The van der Waals surface area contributed by atoms with Crippen LogP contribution in [0.25, 0.3) is 11.0 Å². The first-order valence-corrected chi connectivity index (χ1v) is 17.5. The van der Waals surface area contributed by atoms with Crippen LogP contribution in [0.2, 0.25) is 0 Å². The molecular formula is C39H54O5.